The molecule has 0 amide bonds. The SMILES string of the molecule is NC(=Nc1c(Br)cc(C(F)(F)F)cc1[N+](=O)[O-])C(F)(F)C(F)(F)F. The van der Waals surface area contributed by atoms with E-state index in [1.54, 1.807) is 0 Å². The van der Waals surface area contributed by atoms with Crippen molar-refractivity contribution >= 4 is 33.1 Å². The van der Waals surface area contributed by atoms with Gasteiger partial charge in [0.25, 0.3) is 5.69 Å². The smallest absolute Gasteiger partial charge is 0.382 e. The predicted octanol–water partition coefficient (Wildman–Crippen LogP) is 4.56. The van der Waals surface area contributed by atoms with Gasteiger partial charge in [0.2, 0.25) is 0 Å². The summed E-state index contributed by atoms with van der Waals surface area (Å²) in [5.74, 6) is -8.00. The number of benzene rings is 1. The molecule has 0 saturated heterocycles. The van der Waals surface area contributed by atoms with E-state index in [-0.39, 0.29) is 12.1 Å². The monoisotopic (exact) mass is 429 g/mol. The van der Waals surface area contributed by atoms with Crippen LogP contribution in [0.5, 0.6) is 0 Å². The van der Waals surface area contributed by atoms with Gasteiger partial charge in [-0.1, -0.05) is 0 Å². The molecule has 1 aromatic rings. The molecule has 0 aliphatic heterocycles. The van der Waals surface area contributed by atoms with E-state index in [1.165, 1.54) is 0 Å². The Morgan fingerprint density at radius 1 is 1.12 bits per heavy atom. The third kappa shape index (κ3) is 3.91. The van der Waals surface area contributed by atoms with Crippen molar-refractivity contribution in [1.82, 2.24) is 0 Å². The van der Waals surface area contributed by atoms with Crippen LogP contribution in [0.1, 0.15) is 5.56 Å². The van der Waals surface area contributed by atoms with Gasteiger partial charge in [0.1, 0.15) is 0 Å². The van der Waals surface area contributed by atoms with Crippen LogP contribution < -0.4 is 5.73 Å². The minimum atomic E-state index is -6.15. The number of halogens is 9. The molecular weight excluding hydrogens is 426 g/mol. The zero-order valence-electron chi connectivity index (χ0n) is 10.8. The number of aliphatic imine (C=N–C) groups is 1. The maximum atomic E-state index is 13.0. The van der Waals surface area contributed by atoms with Crippen molar-refractivity contribution in [2.75, 3.05) is 0 Å². The van der Waals surface area contributed by atoms with Crippen LogP contribution in [0.25, 0.3) is 0 Å². The molecule has 2 N–H and O–H groups in total. The maximum absolute atomic E-state index is 13.0. The van der Waals surface area contributed by atoms with Crippen LogP contribution in [0.15, 0.2) is 21.6 Å². The average Bonchev–Trinajstić information content (AvgIpc) is 2.37. The first kappa shape index (κ1) is 20.1. The number of nitro benzene ring substituents is 1. The van der Waals surface area contributed by atoms with Crippen LogP contribution in [0.2, 0.25) is 0 Å². The first-order chi connectivity index (χ1) is 10.6. The second-order valence-electron chi connectivity index (χ2n) is 4.15. The molecule has 0 bridgehead atoms. The molecule has 134 valence electrons. The topological polar surface area (TPSA) is 81.5 Å². The van der Waals surface area contributed by atoms with Gasteiger partial charge in [0, 0.05) is 6.07 Å². The lowest BCUT2D eigenvalue weighted by molar-refractivity contribution is -0.384. The summed E-state index contributed by atoms with van der Waals surface area (Å²) in [6, 6.07) is 0.160. The van der Waals surface area contributed by atoms with E-state index in [4.69, 9.17) is 0 Å². The highest BCUT2D eigenvalue weighted by Crippen LogP contribution is 2.43. The normalized spacial score (nSPS) is 14.0. The van der Waals surface area contributed by atoms with Crippen molar-refractivity contribution < 1.29 is 40.0 Å². The maximum Gasteiger partial charge on any atom is 0.461 e. The largest absolute Gasteiger partial charge is 0.461 e. The molecule has 0 saturated carbocycles. The highest BCUT2D eigenvalue weighted by Gasteiger charge is 2.61. The van der Waals surface area contributed by atoms with E-state index in [0.717, 1.165) is 0 Å². The zero-order valence-corrected chi connectivity index (χ0v) is 12.4. The first-order valence-corrected chi connectivity index (χ1v) is 6.22. The van der Waals surface area contributed by atoms with Crippen LogP contribution in [0.4, 0.5) is 46.5 Å². The lowest BCUT2D eigenvalue weighted by atomic mass is 10.1. The quantitative estimate of drug-likeness (QED) is 0.251. The Morgan fingerprint density at radius 3 is 2.00 bits per heavy atom. The molecule has 0 radical (unpaired) electrons. The Kier molecular flexibility index (Phi) is 5.13. The lowest BCUT2D eigenvalue weighted by Gasteiger charge is -2.18. The molecule has 0 spiro atoms. The summed E-state index contributed by atoms with van der Waals surface area (Å²) >= 11 is 2.41. The van der Waals surface area contributed by atoms with Crippen molar-refractivity contribution in [2.24, 2.45) is 10.7 Å². The summed E-state index contributed by atoms with van der Waals surface area (Å²) in [5.41, 5.74) is 0.331. The van der Waals surface area contributed by atoms with Crippen molar-refractivity contribution in [2.45, 2.75) is 18.3 Å². The van der Waals surface area contributed by atoms with Gasteiger partial charge in [-0.15, -0.1) is 0 Å². The van der Waals surface area contributed by atoms with Gasteiger partial charge in [-0.3, -0.25) is 10.1 Å². The van der Waals surface area contributed by atoms with Crippen molar-refractivity contribution in [1.29, 1.82) is 0 Å². The second kappa shape index (κ2) is 6.14. The van der Waals surface area contributed by atoms with Gasteiger partial charge in [-0.25, -0.2) is 4.99 Å². The molecule has 0 unspecified atom stereocenters. The van der Waals surface area contributed by atoms with Crippen LogP contribution in [-0.4, -0.2) is 22.9 Å². The highest BCUT2D eigenvalue weighted by molar-refractivity contribution is 9.10. The van der Waals surface area contributed by atoms with Gasteiger partial charge in [0.05, 0.1) is 15.0 Å². The minimum absolute atomic E-state index is 0.0669. The van der Waals surface area contributed by atoms with Crippen LogP contribution >= 0.6 is 15.9 Å². The predicted molar refractivity (Wildman–Crippen MR) is 68.1 cm³/mol. The van der Waals surface area contributed by atoms with E-state index in [0.29, 0.717) is 0 Å². The summed E-state index contributed by atoms with van der Waals surface area (Å²) in [7, 11) is 0. The number of amidine groups is 1. The van der Waals surface area contributed by atoms with Crippen molar-refractivity contribution in [3.63, 3.8) is 0 Å². The van der Waals surface area contributed by atoms with Gasteiger partial charge in [0.15, 0.2) is 11.5 Å². The van der Waals surface area contributed by atoms with Crippen LogP contribution in [0, 0.1) is 10.1 Å². The summed E-state index contributed by atoms with van der Waals surface area (Å²) in [6.07, 6.45) is -11.2. The Balaban J connectivity index is 3.61. The molecule has 24 heavy (non-hydrogen) atoms. The fraction of sp³-hybridized carbons (Fsp3) is 0.300. The Morgan fingerprint density at radius 2 is 1.62 bits per heavy atom. The van der Waals surface area contributed by atoms with Gasteiger partial charge in [-0.05, 0) is 22.0 Å². The molecule has 1 aromatic carbocycles. The van der Waals surface area contributed by atoms with Gasteiger partial charge in [-0.2, -0.15) is 35.1 Å². The molecule has 0 aliphatic rings. The number of hydrogen-bond donors (Lipinski definition) is 1. The number of alkyl halides is 8. The fourth-order valence-electron chi connectivity index (χ4n) is 1.33. The molecule has 0 atom stereocenters. The summed E-state index contributed by atoms with van der Waals surface area (Å²) in [4.78, 5) is 12.0. The number of hydrogen-bond acceptors (Lipinski definition) is 3. The minimum Gasteiger partial charge on any atom is -0.382 e. The molecule has 1 rings (SSSR count). The molecule has 5 nitrogen and oxygen atoms in total. The van der Waals surface area contributed by atoms with Gasteiger partial charge < -0.3 is 5.73 Å². The van der Waals surface area contributed by atoms with E-state index in [1.807, 2.05) is 0 Å². The van der Waals surface area contributed by atoms with E-state index >= 15 is 0 Å². The molecule has 0 aliphatic carbocycles. The summed E-state index contributed by atoms with van der Waals surface area (Å²) in [5, 5.41) is 10.8. The third-order valence-electron chi connectivity index (χ3n) is 2.48. The van der Waals surface area contributed by atoms with E-state index in [9.17, 15) is 45.2 Å². The summed E-state index contributed by atoms with van der Waals surface area (Å²) in [6.45, 7) is 0. The van der Waals surface area contributed by atoms with Crippen LogP contribution in [-0.2, 0) is 6.18 Å². The lowest BCUT2D eigenvalue weighted by Crippen LogP contribution is -2.48. The van der Waals surface area contributed by atoms with E-state index in [2.05, 4.69) is 26.7 Å². The number of rotatable bonds is 3. The molecule has 0 aromatic heterocycles. The van der Waals surface area contributed by atoms with Gasteiger partial charge >= 0.3 is 18.3 Å². The first-order valence-electron chi connectivity index (χ1n) is 5.43. The zero-order chi connectivity index (χ0) is 19.1. The van der Waals surface area contributed by atoms with Crippen molar-refractivity contribution in [3.8, 4) is 0 Å². The second-order valence-corrected chi connectivity index (χ2v) is 5.00. The molecular formula is C10H4BrF8N3O2. The number of nitro groups is 1. The average molecular weight is 430 g/mol. The fourth-order valence-corrected chi connectivity index (χ4v) is 1.87. The number of nitrogens with zero attached hydrogens (tertiary/aromatic N) is 2. The van der Waals surface area contributed by atoms with Crippen molar-refractivity contribution in [3.05, 3.63) is 32.3 Å². The standard InChI is InChI=1S/C10H4BrF8N3O2/c11-4-1-3(9(14,15)16)2-5(22(23)24)6(4)21-7(20)8(12,13)10(17,18)19/h1-2H,(H2,20,21). The molecule has 14 heteroatoms. The molecule has 0 fully saturated rings. The Hall–Kier alpha value is -1.99. The van der Waals surface area contributed by atoms with E-state index < -0.39 is 50.4 Å². The summed E-state index contributed by atoms with van der Waals surface area (Å²) < 4.78 is 99.4. The number of nitrogens with two attached hydrogens (primary N) is 1. The Labute approximate surface area is 135 Å². The molecule has 0 heterocycles. The third-order valence-corrected chi connectivity index (χ3v) is 3.08. The highest BCUT2D eigenvalue weighted by atomic mass is 79.9. The van der Waals surface area contributed by atoms with Crippen LogP contribution in [0.3, 0.4) is 0 Å². The Bertz CT molecular complexity index is 699.